The van der Waals surface area contributed by atoms with Crippen LogP contribution in [-0.4, -0.2) is 20.9 Å². The topological polar surface area (TPSA) is 56.2 Å². The highest BCUT2D eigenvalue weighted by Gasteiger charge is 2.13. The van der Waals surface area contributed by atoms with Gasteiger partial charge in [0, 0.05) is 24.4 Å². The molecule has 0 unspecified atom stereocenters. The van der Waals surface area contributed by atoms with Gasteiger partial charge in [-0.3, -0.25) is 4.40 Å². The first kappa shape index (κ1) is 12.8. The minimum absolute atomic E-state index is 0.584. The van der Waals surface area contributed by atoms with E-state index < -0.39 is 0 Å². The van der Waals surface area contributed by atoms with Crippen molar-refractivity contribution < 1.29 is 0 Å². The Morgan fingerprint density at radius 3 is 2.80 bits per heavy atom. The summed E-state index contributed by atoms with van der Waals surface area (Å²) in [5.41, 5.74) is 11.1. The van der Waals surface area contributed by atoms with Crippen LogP contribution in [0.5, 0.6) is 0 Å². The van der Waals surface area contributed by atoms with E-state index >= 15 is 0 Å². The Morgan fingerprint density at radius 2 is 2.05 bits per heavy atom. The molecule has 0 bridgehead atoms. The summed E-state index contributed by atoms with van der Waals surface area (Å²) in [6, 6.07) is 8.31. The fourth-order valence-corrected chi connectivity index (χ4v) is 2.38. The lowest BCUT2D eigenvalue weighted by Crippen LogP contribution is -2.06. The summed E-state index contributed by atoms with van der Waals surface area (Å²) >= 11 is 0. The Morgan fingerprint density at radius 1 is 1.20 bits per heavy atom. The summed E-state index contributed by atoms with van der Waals surface area (Å²) in [6.07, 6.45) is 4.54. The van der Waals surface area contributed by atoms with E-state index in [1.165, 1.54) is 11.1 Å². The van der Waals surface area contributed by atoms with Gasteiger partial charge in [0.2, 0.25) is 0 Å². The van der Waals surface area contributed by atoms with Crippen molar-refractivity contribution in [2.24, 2.45) is 5.73 Å². The van der Waals surface area contributed by atoms with E-state index in [0.717, 1.165) is 29.1 Å². The van der Waals surface area contributed by atoms with E-state index in [4.69, 9.17) is 10.7 Å². The van der Waals surface area contributed by atoms with E-state index in [0.29, 0.717) is 6.54 Å². The van der Waals surface area contributed by atoms with E-state index in [1.54, 1.807) is 6.20 Å². The van der Waals surface area contributed by atoms with Gasteiger partial charge in [-0.2, -0.15) is 0 Å². The van der Waals surface area contributed by atoms with Crippen molar-refractivity contribution in [1.82, 2.24) is 14.4 Å². The third-order valence-corrected chi connectivity index (χ3v) is 3.63. The molecule has 0 saturated carbocycles. The van der Waals surface area contributed by atoms with Crippen LogP contribution >= 0.6 is 0 Å². The Balaban J connectivity index is 2.22. The first-order valence-electron chi connectivity index (χ1n) is 6.80. The van der Waals surface area contributed by atoms with Crippen LogP contribution in [0.4, 0.5) is 0 Å². The van der Waals surface area contributed by atoms with Crippen molar-refractivity contribution in [3.63, 3.8) is 0 Å². The summed E-state index contributed by atoms with van der Waals surface area (Å²) in [5, 5.41) is 0. The number of hydrogen-bond donors (Lipinski definition) is 1. The standard InChI is InChI=1S/C16H18N4/c1-11-4-5-13(10-12(11)2)15-16-18-8-3-9-20(16)14(19-15)6-7-17/h3-5,8-10H,6-7,17H2,1-2H3. The molecule has 0 spiro atoms. The number of aromatic nitrogens is 3. The summed E-state index contributed by atoms with van der Waals surface area (Å²) in [7, 11) is 0. The largest absolute Gasteiger partial charge is 0.330 e. The molecule has 2 N–H and O–H groups in total. The van der Waals surface area contributed by atoms with E-state index in [2.05, 4.69) is 37.0 Å². The highest BCUT2D eigenvalue weighted by Crippen LogP contribution is 2.25. The average molecular weight is 266 g/mol. The van der Waals surface area contributed by atoms with Crippen LogP contribution in [0.25, 0.3) is 16.9 Å². The number of nitrogens with zero attached hydrogens (tertiary/aromatic N) is 3. The molecule has 0 amide bonds. The Bertz CT molecular complexity index is 758. The van der Waals surface area contributed by atoms with E-state index in [1.807, 2.05) is 16.7 Å². The quantitative estimate of drug-likeness (QED) is 0.792. The molecular formula is C16H18N4. The smallest absolute Gasteiger partial charge is 0.164 e. The molecule has 0 fully saturated rings. The molecule has 3 rings (SSSR count). The van der Waals surface area contributed by atoms with Crippen molar-refractivity contribution in [1.29, 1.82) is 0 Å². The van der Waals surface area contributed by atoms with Gasteiger partial charge in [-0.15, -0.1) is 0 Å². The zero-order chi connectivity index (χ0) is 14.1. The predicted molar refractivity (Wildman–Crippen MR) is 80.7 cm³/mol. The van der Waals surface area contributed by atoms with Crippen LogP contribution in [-0.2, 0) is 6.42 Å². The van der Waals surface area contributed by atoms with Gasteiger partial charge in [0.15, 0.2) is 5.65 Å². The molecule has 1 aromatic carbocycles. The highest BCUT2D eigenvalue weighted by molar-refractivity contribution is 5.75. The van der Waals surface area contributed by atoms with E-state index in [-0.39, 0.29) is 0 Å². The first-order chi connectivity index (χ1) is 9.70. The van der Waals surface area contributed by atoms with Gasteiger partial charge in [0.05, 0.1) is 0 Å². The molecular weight excluding hydrogens is 248 g/mol. The third kappa shape index (κ3) is 2.08. The number of rotatable bonds is 3. The van der Waals surface area contributed by atoms with Crippen LogP contribution < -0.4 is 5.73 Å². The molecule has 4 heteroatoms. The third-order valence-electron chi connectivity index (χ3n) is 3.63. The number of nitrogens with two attached hydrogens (primary N) is 1. The number of benzene rings is 1. The van der Waals surface area contributed by atoms with Gasteiger partial charge in [0.25, 0.3) is 0 Å². The fraction of sp³-hybridized carbons (Fsp3) is 0.250. The minimum Gasteiger partial charge on any atom is -0.330 e. The van der Waals surface area contributed by atoms with Crippen LogP contribution in [0, 0.1) is 13.8 Å². The lowest BCUT2D eigenvalue weighted by atomic mass is 10.0. The Kier molecular flexibility index (Phi) is 3.24. The number of fused-ring (bicyclic) bond motifs is 1. The van der Waals surface area contributed by atoms with Gasteiger partial charge in [0.1, 0.15) is 11.5 Å². The lowest BCUT2D eigenvalue weighted by molar-refractivity contribution is 0.859. The normalized spacial score (nSPS) is 11.2. The van der Waals surface area contributed by atoms with Gasteiger partial charge in [-0.1, -0.05) is 12.1 Å². The second-order valence-corrected chi connectivity index (χ2v) is 5.03. The molecule has 102 valence electrons. The Hall–Kier alpha value is -2.20. The minimum atomic E-state index is 0.584. The maximum absolute atomic E-state index is 5.67. The van der Waals surface area contributed by atoms with Gasteiger partial charge in [-0.05, 0) is 43.7 Å². The summed E-state index contributed by atoms with van der Waals surface area (Å²) in [6.45, 7) is 4.81. The van der Waals surface area contributed by atoms with Gasteiger partial charge >= 0.3 is 0 Å². The molecule has 0 saturated heterocycles. The van der Waals surface area contributed by atoms with Crippen LogP contribution in [0.3, 0.4) is 0 Å². The van der Waals surface area contributed by atoms with Gasteiger partial charge in [-0.25, -0.2) is 9.97 Å². The Labute approximate surface area is 118 Å². The zero-order valence-corrected chi connectivity index (χ0v) is 11.8. The number of hydrogen-bond acceptors (Lipinski definition) is 3. The molecule has 0 aliphatic heterocycles. The second kappa shape index (κ2) is 5.06. The molecule has 2 heterocycles. The van der Waals surface area contributed by atoms with Crippen molar-refractivity contribution in [3.8, 4) is 11.3 Å². The molecule has 20 heavy (non-hydrogen) atoms. The summed E-state index contributed by atoms with van der Waals surface area (Å²) in [4.78, 5) is 9.21. The summed E-state index contributed by atoms with van der Waals surface area (Å²) in [5.74, 6) is 0.962. The average Bonchev–Trinajstić information content (AvgIpc) is 2.82. The zero-order valence-electron chi connectivity index (χ0n) is 11.8. The molecule has 2 aromatic heterocycles. The second-order valence-electron chi connectivity index (χ2n) is 5.03. The van der Waals surface area contributed by atoms with E-state index in [9.17, 15) is 0 Å². The molecule has 0 radical (unpaired) electrons. The van der Waals surface area contributed by atoms with Crippen molar-refractivity contribution in [2.45, 2.75) is 20.3 Å². The summed E-state index contributed by atoms with van der Waals surface area (Å²) < 4.78 is 2.03. The van der Waals surface area contributed by atoms with Crippen molar-refractivity contribution in [3.05, 3.63) is 53.6 Å². The van der Waals surface area contributed by atoms with Crippen LogP contribution in [0.15, 0.2) is 36.7 Å². The fourth-order valence-electron chi connectivity index (χ4n) is 2.38. The number of aryl methyl sites for hydroxylation is 2. The van der Waals surface area contributed by atoms with Crippen LogP contribution in [0.2, 0.25) is 0 Å². The molecule has 3 aromatic rings. The van der Waals surface area contributed by atoms with Gasteiger partial charge < -0.3 is 5.73 Å². The van der Waals surface area contributed by atoms with Crippen molar-refractivity contribution in [2.75, 3.05) is 6.54 Å². The monoisotopic (exact) mass is 266 g/mol. The lowest BCUT2D eigenvalue weighted by Gasteiger charge is -2.03. The SMILES string of the molecule is Cc1ccc(-c2nc(CCN)n3cccnc23)cc1C. The predicted octanol–water partition coefficient (Wildman–Crippen LogP) is 2.51. The molecule has 0 aliphatic carbocycles. The molecule has 0 atom stereocenters. The molecule has 0 aliphatic rings. The highest BCUT2D eigenvalue weighted by atomic mass is 15.1. The maximum atomic E-state index is 5.67. The van der Waals surface area contributed by atoms with Crippen molar-refractivity contribution >= 4 is 5.65 Å². The van der Waals surface area contributed by atoms with Crippen LogP contribution in [0.1, 0.15) is 17.0 Å². The first-order valence-corrected chi connectivity index (χ1v) is 6.80. The molecule has 4 nitrogen and oxygen atoms in total. The maximum Gasteiger partial charge on any atom is 0.164 e. The number of imidazole rings is 1.